The number of nitrogens with zero attached hydrogens (tertiary/aromatic N) is 1. The molecule has 0 fully saturated rings. The van der Waals surface area contributed by atoms with E-state index >= 15 is 0 Å². The van der Waals surface area contributed by atoms with Gasteiger partial charge in [-0.2, -0.15) is 0 Å². The number of pyridine rings is 1. The van der Waals surface area contributed by atoms with Gasteiger partial charge in [-0.1, -0.05) is 6.08 Å². The zero-order valence-electron chi connectivity index (χ0n) is 8.79. The van der Waals surface area contributed by atoms with Gasteiger partial charge in [0.2, 0.25) is 0 Å². The summed E-state index contributed by atoms with van der Waals surface area (Å²) < 4.78 is 6.37. The Morgan fingerprint density at radius 2 is 2.20 bits per heavy atom. The molecule has 15 heavy (non-hydrogen) atoms. The summed E-state index contributed by atoms with van der Waals surface area (Å²) in [5.41, 5.74) is 0. The predicted octanol–water partition coefficient (Wildman–Crippen LogP) is 3.97. The van der Waals surface area contributed by atoms with Gasteiger partial charge in [0.15, 0.2) is 0 Å². The summed E-state index contributed by atoms with van der Waals surface area (Å²) in [6.07, 6.45) is 8.26. The van der Waals surface area contributed by atoms with Gasteiger partial charge < -0.3 is 4.74 Å². The Labute approximate surface area is 99.5 Å². The van der Waals surface area contributed by atoms with Gasteiger partial charge >= 0.3 is 0 Å². The van der Waals surface area contributed by atoms with Crippen LogP contribution in [0.2, 0.25) is 0 Å². The van der Waals surface area contributed by atoms with Crippen molar-refractivity contribution >= 4 is 15.9 Å². The molecule has 0 saturated carbocycles. The fourth-order valence-corrected chi connectivity index (χ4v) is 1.44. The Kier molecular flexibility index (Phi) is 6.09. The second-order valence-electron chi connectivity index (χ2n) is 3.30. The lowest BCUT2D eigenvalue weighted by atomic mass is 10.2. The zero-order chi connectivity index (χ0) is 10.9. The monoisotopic (exact) mass is 269 g/mol. The molecule has 0 bridgehead atoms. The number of unbranched alkanes of at least 4 members (excludes halogenated alkanes) is 3. The summed E-state index contributed by atoms with van der Waals surface area (Å²) >= 11 is 3.28. The molecule has 1 aromatic rings. The highest BCUT2D eigenvalue weighted by molar-refractivity contribution is 9.10. The molecule has 0 aromatic carbocycles. The molecule has 0 aliphatic carbocycles. The lowest BCUT2D eigenvalue weighted by Gasteiger charge is -2.04. The van der Waals surface area contributed by atoms with Gasteiger partial charge in [0, 0.05) is 0 Å². The van der Waals surface area contributed by atoms with Crippen LogP contribution in [0.15, 0.2) is 35.6 Å². The molecule has 0 amide bonds. The molecular formula is C12H16BrNO. The van der Waals surface area contributed by atoms with Gasteiger partial charge in [-0.25, -0.2) is 4.98 Å². The first kappa shape index (κ1) is 12.2. The van der Waals surface area contributed by atoms with E-state index in [1.807, 2.05) is 18.2 Å². The van der Waals surface area contributed by atoms with Crippen molar-refractivity contribution in [2.75, 3.05) is 6.61 Å². The molecule has 82 valence electrons. The Morgan fingerprint density at radius 3 is 2.87 bits per heavy atom. The Morgan fingerprint density at radius 1 is 1.33 bits per heavy atom. The van der Waals surface area contributed by atoms with Crippen LogP contribution >= 0.6 is 15.9 Å². The minimum Gasteiger partial charge on any atom is -0.492 e. The van der Waals surface area contributed by atoms with Crippen molar-refractivity contribution in [1.29, 1.82) is 0 Å². The third-order valence-electron chi connectivity index (χ3n) is 2.02. The number of allylic oxidation sites excluding steroid dienone is 1. The van der Waals surface area contributed by atoms with Gasteiger partial charge in [-0.15, -0.1) is 6.58 Å². The first-order chi connectivity index (χ1) is 7.33. The molecule has 0 radical (unpaired) electrons. The number of rotatable bonds is 7. The highest BCUT2D eigenvalue weighted by Crippen LogP contribution is 2.13. The maximum absolute atomic E-state index is 5.53. The van der Waals surface area contributed by atoms with E-state index in [1.54, 1.807) is 6.20 Å². The number of hydrogen-bond acceptors (Lipinski definition) is 2. The molecule has 0 unspecified atom stereocenters. The van der Waals surface area contributed by atoms with Crippen LogP contribution in [0.4, 0.5) is 0 Å². The number of ether oxygens (including phenoxy) is 1. The quantitative estimate of drug-likeness (QED) is 0.425. The third kappa shape index (κ3) is 5.57. The largest absolute Gasteiger partial charge is 0.492 e. The molecule has 0 spiro atoms. The summed E-state index contributed by atoms with van der Waals surface area (Å²) in [6.45, 7) is 4.45. The van der Waals surface area contributed by atoms with E-state index in [2.05, 4.69) is 27.5 Å². The Balaban J connectivity index is 2.09. The highest BCUT2D eigenvalue weighted by Gasteiger charge is 1.94. The van der Waals surface area contributed by atoms with Gasteiger partial charge in [0.25, 0.3) is 0 Å². The van der Waals surface area contributed by atoms with Crippen molar-refractivity contribution < 1.29 is 4.74 Å². The molecule has 0 atom stereocenters. The van der Waals surface area contributed by atoms with Gasteiger partial charge in [0.1, 0.15) is 10.4 Å². The second-order valence-corrected chi connectivity index (χ2v) is 4.12. The molecule has 1 heterocycles. The average molecular weight is 270 g/mol. The number of hydrogen-bond donors (Lipinski definition) is 0. The minimum absolute atomic E-state index is 0.764. The lowest BCUT2D eigenvalue weighted by Crippen LogP contribution is -1.97. The summed E-state index contributed by atoms with van der Waals surface area (Å²) in [7, 11) is 0. The molecule has 0 saturated heterocycles. The lowest BCUT2D eigenvalue weighted by molar-refractivity contribution is 0.304. The van der Waals surface area contributed by atoms with Crippen molar-refractivity contribution in [2.24, 2.45) is 0 Å². The van der Waals surface area contributed by atoms with Crippen molar-refractivity contribution in [3.63, 3.8) is 0 Å². The third-order valence-corrected chi connectivity index (χ3v) is 2.49. The van der Waals surface area contributed by atoms with Crippen molar-refractivity contribution in [2.45, 2.75) is 25.7 Å². The number of aromatic nitrogens is 1. The van der Waals surface area contributed by atoms with E-state index < -0.39 is 0 Å². The van der Waals surface area contributed by atoms with Crippen LogP contribution in [-0.2, 0) is 0 Å². The van der Waals surface area contributed by atoms with Gasteiger partial charge in [0.05, 0.1) is 12.8 Å². The molecule has 0 aliphatic heterocycles. The van der Waals surface area contributed by atoms with E-state index in [1.165, 1.54) is 12.8 Å². The summed E-state index contributed by atoms with van der Waals surface area (Å²) in [4.78, 5) is 4.09. The van der Waals surface area contributed by atoms with E-state index in [-0.39, 0.29) is 0 Å². The SMILES string of the molecule is C=CCCCCCOc1ccc(Br)nc1. The Hall–Kier alpha value is -0.830. The number of halogens is 1. The molecule has 2 nitrogen and oxygen atoms in total. The molecule has 1 aromatic heterocycles. The van der Waals surface area contributed by atoms with E-state index in [9.17, 15) is 0 Å². The van der Waals surface area contributed by atoms with Crippen molar-refractivity contribution in [3.8, 4) is 5.75 Å². The van der Waals surface area contributed by atoms with Crippen LogP contribution < -0.4 is 4.74 Å². The second kappa shape index (κ2) is 7.46. The summed E-state index contributed by atoms with van der Waals surface area (Å²) in [5.74, 6) is 0.835. The van der Waals surface area contributed by atoms with E-state index in [4.69, 9.17) is 4.74 Å². The molecule has 0 aliphatic rings. The first-order valence-corrected chi connectivity index (χ1v) is 5.97. The molecule has 3 heteroatoms. The summed E-state index contributed by atoms with van der Waals surface area (Å²) in [6, 6.07) is 3.80. The highest BCUT2D eigenvalue weighted by atomic mass is 79.9. The van der Waals surface area contributed by atoms with Crippen LogP contribution in [0.3, 0.4) is 0 Å². The van der Waals surface area contributed by atoms with Crippen LogP contribution in [-0.4, -0.2) is 11.6 Å². The predicted molar refractivity (Wildman–Crippen MR) is 66.1 cm³/mol. The van der Waals surface area contributed by atoms with Crippen molar-refractivity contribution in [1.82, 2.24) is 4.98 Å². The zero-order valence-corrected chi connectivity index (χ0v) is 10.4. The summed E-state index contributed by atoms with van der Waals surface area (Å²) in [5, 5.41) is 0. The van der Waals surface area contributed by atoms with Crippen LogP contribution in [0.5, 0.6) is 5.75 Å². The maximum atomic E-state index is 5.53. The van der Waals surface area contributed by atoms with Crippen molar-refractivity contribution in [3.05, 3.63) is 35.6 Å². The molecule has 0 N–H and O–H groups in total. The van der Waals surface area contributed by atoms with Gasteiger partial charge in [-0.05, 0) is 53.7 Å². The normalized spacial score (nSPS) is 9.93. The molecule has 1 rings (SSSR count). The molecular weight excluding hydrogens is 254 g/mol. The average Bonchev–Trinajstić information content (AvgIpc) is 2.26. The maximum Gasteiger partial charge on any atom is 0.137 e. The minimum atomic E-state index is 0.764. The Bertz CT molecular complexity index is 284. The van der Waals surface area contributed by atoms with Crippen LogP contribution in [0.25, 0.3) is 0 Å². The van der Waals surface area contributed by atoms with E-state index in [0.29, 0.717) is 0 Å². The fraction of sp³-hybridized carbons (Fsp3) is 0.417. The van der Waals surface area contributed by atoms with E-state index in [0.717, 1.165) is 29.8 Å². The topological polar surface area (TPSA) is 22.1 Å². The fourth-order valence-electron chi connectivity index (χ4n) is 1.21. The smallest absolute Gasteiger partial charge is 0.137 e. The first-order valence-electron chi connectivity index (χ1n) is 5.18. The van der Waals surface area contributed by atoms with Crippen LogP contribution in [0.1, 0.15) is 25.7 Å². The van der Waals surface area contributed by atoms with Gasteiger partial charge in [-0.3, -0.25) is 0 Å². The standard InChI is InChI=1S/C12H16BrNO/c1-2-3-4-5-6-9-15-11-7-8-12(13)14-10-11/h2,7-8,10H,1,3-6,9H2. The van der Waals surface area contributed by atoms with Crippen LogP contribution in [0, 0.1) is 0 Å².